The molecule has 6 nitrogen and oxygen atoms in total. The van der Waals surface area contributed by atoms with E-state index in [0.29, 0.717) is 0 Å². The number of aromatic nitrogens is 4. The van der Waals surface area contributed by atoms with Crippen LogP contribution in [0.2, 0.25) is 0 Å². The highest BCUT2D eigenvalue weighted by molar-refractivity contribution is 6.10. The molecular weight excluding hydrogens is 556 g/mol. The Morgan fingerprint density at radius 3 is 2.09 bits per heavy atom. The molecule has 9 rings (SSSR count). The molecule has 5 aromatic heterocycles. The Kier molecular flexibility index (Phi) is 5.62. The van der Waals surface area contributed by atoms with Crippen molar-refractivity contribution in [2.75, 3.05) is 0 Å². The molecule has 0 saturated carbocycles. The van der Waals surface area contributed by atoms with Crippen LogP contribution in [0.3, 0.4) is 0 Å². The van der Waals surface area contributed by atoms with Crippen LogP contribution in [0.15, 0.2) is 149 Å². The first-order chi connectivity index (χ1) is 22.2. The summed E-state index contributed by atoms with van der Waals surface area (Å²) in [5, 5.41) is 2.35. The van der Waals surface area contributed by atoms with Gasteiger partial charge in [0.2, 0.25) is 0 Å². The van der Waals surface area contributed by atoms with Gasteiger partial charge in [-0.25, -0.2) is 4.98 Å². The largest absolute Gasteiger partial charge is 0.464 e. The van der Waals surface area contributed by atoms with Crippen molar-refractivity contribution in [3.8, 4) is 51.0 Å². The van der Waals surface area contributed by atoms with E-state index in [4.69, 9.17) is 18.8 Å². The van der Waals surface area contributed by atoms with Crippen molar-refractivity contribution in [1.82, 2.24) is 19.1 Å². The minimum atomic E-state index is 0.796. The Morgan fingerprint density at radius 2 is 1.31 bits per heavy atom. The summed E-state index contributed by atoms with van der Waals surface area (Å²) < 4.78 is 16.1. The van der Waals surface area contributed by atoms with Crippen LogP contribution in [-0.4, -0.2) is 19.1 Å². The molecule has 45 heavy (non-hydrogen) atoms. The summed E-state index contributed by atoms with van der Waals surface area (Å²) in [5.41, 5.74) is 10.2. The Morgan fingerprint density at radius 1 is 0.578 bits per heavy atom. The first kappa shape index (κ1) is 25.4. The maximum atomic E-state index is 5.97. The van der Waals surface area contributed by atoms with E-state index in [9.17, 15) is 0 Å². The highest BCUT2D eigenvalue weighted by Crippen LogP contribution is 2.39. The molecule has 6 heteroatoms. The predicted molar refractivity (Wildman–Crippen MR) is 179 cm³/mol. The first-order valence-electron chi connectivity index (χ1n) is 14.9. The molecule has 5 heterocycles. The summed E-state index contributed by atoms with van der Waals surface area (Å²) in [5.74, 6) is 2.52. The smallest absolute Gasteiger partial charge is 0.140 e. The van der Waals surface area contributed by atoms with E-state index in [1.165, 1.54) is 10.8 Å². The third-order valence-corrected chi connectivity index (χ3v) is 8.61. The Labute approximate surface area is 258 Å². The number of nitrogens with zero attached hydrogens (tertiary/aromatic N) is 4. The van der Waals surface area contributed by atoms with Gasteiger partial charge in [0.1, 0.15) is 17.3 Å². The summed E-state index contributed by atoms with van der Waals surface area (Å²) in [6.07, 6.45) is 5.26. The third-order valence-electron chi connectivity index (χ3n) is 8.61. The zero-order chi connectivity index (χ0) is 29.9. The minimum absolute atomic E-state index is 0.796. The molecule has 0 spiro atoms. The predicted octanol–water partition coefficient (Wildman–Crippen LogP) is 9.92. The van der Waals surface area contributed by atoms with Crippen molar-refractivity contribution < 1.29 is 8.83 Å². The van der Waals surface area contributed by atoms with Crippen LogP contribution in [0, 0.1) is 0 Å². The van der Waals surface area contributed by atoms with Crippen LogP contribution in [0.1, 0.15) is 0 Å². The van der Waals surface area contributed by atoms with E-state index < -0.39 is 0 Å². The Hall–Kier alpha value is -6.14. The number of fused-ring (bicyclic) bond motifs is 4. The lowest BCUT2D eigenvalue weighted by Gasteiger charge is -2.15. The SMILES string of the molecule is Cn1c(-c2ccc3c4ccccc4n(-c4cc(-c5ccc(-c6ccco6)cn5)ccc4-c4ccco4)c3c2)nc2ccccc21. The van der Waals surface area contributed by atoms with Gasteiger partial charge in [0.25, 0.3) is 0 Å². The number of hydrogen-bond donors (Lipinski definition) is 0. The number of para-hydroxylation sites is 3. The highest BCUT2D eigenvalue weighted by Gasteiger charge is 2.20. The molecule has 0 N–H and O–H groups in total. The van der Waals surface area contributed by atoms with Crippen LogP contribution in [0.4, 0.5) is 0 Å². The fourth-order valence-corrected chi connectivity index (χ4v) is 6.44. The molecule has 214 valence electrons. The molecule has 0 aliphatic carbocycles. The molecule has 0 aliphatic heterocycles. The molecule has 9 aromatic rings. The number of furan rings is 2. The van der Waals surface area contributed by atoms with Crippen molar-refractivity contribution >= 4 is 32.8 Å². The number of rotatable bonds is 5. The van der Waals surface area contributed by atoms with E-state index in [1.807, 2.05) is 48.7 Å². The number of benzene rings is 4. The van der Waals surface area contributed by atoms with Crippen molar-refractivity contribution in [3.05, 3.63) is 140 Å². The van der Waals surface area contributed by atoms with Gasteiger partial charge < -0.3 is 18.0 Å². The molecular formula is C39H26N4O2. The summed E-state index contributed by atoms with van der Waals surface area (Å²) in [6, 6.07) is 41.7. The van der Waals surface area contributed by atoms with Crippen LogP contribution in [0.25, 0.3) is 83.8 Å². The third kappa shape index (κ3) is 4.03. The zero-order valence-corrected chi connectivity index (χ0v) is 24.4. The van der Waals surface area contributed by atoms with Crippen molar-refractivity contribution in [2.24, 2.45) is 7.05 Å². The van der Waals surface area contributed by atoms with Gasteiger partial charge in [-0.3, -0.25) is 4.98 Å². The van der Waals surface area contributed by atoms with E-state index in [0.717, 1.165) is 73.0 Å². The summed E-state index contributed by atoms with van der Waals surface area (Å²) >= 11 is 0. The monoisotopic (exact) mass is 582 g/mol. The van der Waals surface area contributed by atoms with Crippen LogP contribution in [0.5, 0.6) is 0 Å². The lowest BCUT2D eigenvalue weighted by molar-refractivity contribution is 0.582. The van der Waals surface area contributed by atoms with Gasteiger partial charge in [0.05, 0.1) is 46.0 Å². The van der Waals surface area contributed by atoms with Gasteiger partial charge in [0.15, 0.2) is 0 Å². The first-order valence-corrected chi connectivity index (χ1v) is 14.9. The standard InChI is InChI=1S/C39H26N4O2/c1-42-34-11-5-3-9-32(34)41-39(42)26-15-17-29-28-8-2-4-10-33(28)43(35(29)23-26)36-22-25(14-18-30(36)38-13-7-21-45-38)31-19-16-27(24-40-31)37-12-6-20-44-37/h2-24H,1H3. The van der Waals surface area contributed by atoms with E-state index >= 15 is 0 Å². The average Bonchev–Trinajstić information content (AvgIpc) is 3.91. The normalized spacial score (nSPS) is 11.7. The molecule has 0 amide bonds. The molecule has 0 unspecified atom stereocenters. The maximum absolute atomic E-state index is 5.97. The molecule has 4 aromatic carbocycles. The van der Waals surface area contributed by atoms with E-state index in [2.05, 4.69) is 95.0 Å². The number of imidazole rings is 1. The summed E-state index contributed by atoms with van der Waals surface area (Å²) in [4.78, 5) is 9.83. The van der Waals surface area contributed by atoms with Crippen molar-refractivity contribution in [2.45, 2.75) is 0 Å². The topological polar surface area (TPSA) is 61.9 Å². The van der Waals surface area contributed by atoms with Crippen molar-refractivity contribution in [1.29, 1.82) is 0 Å². The van der Waals surface area contributed by atoms with Crippen LogP contribution in [-0.2, 0) is 7.05 Å². The van der Waals surface area contributed by atoms with Gasteiger partial charge in [0, 0.05) is 46.3 Å². The molecule has 0 atom stereocenters. The lowest BCUT2D eigenvalue weighted by atomic mass is 10.0. The second kappa shape index (κ2) is 9.96. The van der Waals surface area contributed by atoms with Gasteiger partial charge in [-0.05, 0) is 72.8 Å². The van der Waals surface area contributed by atoms with Gasteiger partial charge in [-0.2, -0.15) is 0 Å². The second-order valence-corrected chi connectivity index (χ2v) is 11.2. The Balaban J connectivity index is 1.29. The molecule has 0 bridgehead atoms. The van der Waals surface area contributed by atoms with Crippen LogP contribution < -0.4 is 0 Å². The minimum Gasteiger partial charge on any atom is -0.464 e. The van der Waals surface area contributed by atoms with Gasteiger partial charge in [-0.15, -0.1) is 0 Å². The highest BCUT2D eigenvalue weighted by atomic mass is 16.3. The van der Waals surface area contributed by atoms with Gasteiger partial charge >= 0.3 is 0 Å². The summed E-state index contributed by atoms with van der Waals surface area (Å²) in [7, 11) is 2.08. The summed E-state index contributed by atoms with van der Waals surface area (Å²) in [6.45, 7) is 0. The number of aryl methyl sites for hydroxylation is 1. The van der Waals surface area contributed by atoms with E-state index in [-0.39, 0.29) is 0 Å². The fourth-order valence-electron chi connectivity index (χ4n) is 6.44. The second-order valence-electron chi connectivity index (χ2n) is 11.2. The maximum Gasteiger partial charge on any atom is 0.140 e. The fraction of sp³-hybridized carbons (Fsp3) is 0.0256. The molecule has 0 aliphatic rings. The zero-order valence-electron chi connectivity index (χ0n) is 24.4. The molecule has 0 fully saturated rings. The molecule has 0 saturated heterocycles. The van der Waals surface area contributed by atoms with E-state index in [1.54, 1.807) is 12.5 Å². The quantitative estimate of drug-likeness (QED) is 0.203. The van der Waals surface area contributed by atoms with Gasteiger partial charge in [-0.1, -0.05) is 48.5 Å². The van der Waals surface area contributed by atoms with Crippen molar-refractivity contribution in [3.63, 3.8) is 0 Å². The number of hydrogen-bond acceptors (Lipinski definition) is 4. The number of pyridine rings is 1. The Bertz CT molecular complexity index is 2480. The average molecular weight is 583 g/mol. The van der Waals surface area contributed by atoms with Crippen LogP contribution >= 0.6 is 0 Å². The lowest BCUT2D eigenvalue weighted by Crippen LogP contribution is -1.99. The molecule has 0 radical (unpaired) electrons.